The summed E-state index contributed by atoms with van der Waals surface area (Å²) in [5.74, 6) is -0.00849. The number of ether oxygens (including phenoxy) is 2. The van der Waals surface area contributed by atoms with Crippen molar-refractivity contribution >= 4 is 5.97 Å². The molecule has 0 heterocycles. The Hall–Kier alpha value is -1.59. The van der Waals surface area contributed by atoms with E-state index in [4.69, 9.17) is 15.6 Å². The first-order chi connectivity index (χ1) is 7.69. The van der Waals surface area contributed by atoms with Gasteiger partial charge in [-0.05, 0) is 6.07 Å². The fourth-order valence-electron chi connectivity index (χ4n) is 1.17. The third-order valence-electron chi connectivity index (χ3n) is 2.07. The zero-order valence-electron chi connectivity index (χ0n) is 9.05. The SMILES string of the molecule is COC(=O)C(N)COc1ccccc1CO. The highest BCUT2D eigenvalue weighted by atomic mass is 16.5. The molecule has 0 aromatic heterocycles. The number of aliphatic hydroxyl groups is 1. The van der Waals surface area contributed by atoms with Crippen molar-refractivity contribution in [2.45, 2.75) is 12.6 Å². The summed E-state index contributed by atoms with van der Waals surface area (Å²) in [6.45, 7) is -0.104. The quantitative estimate of drug-likeness (QED) is 0.692. The Balaban J connectivity index is 2.57. The van der Waals surface area contributed by atoms with E-state index >= 15 is 0 Å². The van der Waals surface area contributed by atoms with Gasteiger partial charge in [0.15, 0.2) is 0 Å². The molecule has 0 aliphatic carbocycles. The van der Waals surface area contributed by atoms with Crippen LogP contribution in [-0.4, -0.2) is 30.8 Å². The van der Waals surface area contributed by atoms with E-state index in [0.29, 0.717) is 11.3 Å². The van der Waals surface area contributed by atoms with Crippen molar-refractivity contribution in [3.63, 3.8) is 0 Å². The van der Waals surface area contributed by atoms with E-state index in [9.17, 15) is 4.79 Å². The first kappa shape index (κ1) is 12.5. The molecule has 1 aromatic rings. The summed E-state index contributed by atoms with van der Waals surface area (Å²) in [5.41, 5.74) is 6.16. The highest BCUT2D eigenvalue weighted by Crippen LogP contribution is 2.17. The summed E-state index contributed by atoms with van der Waals surface area (Å²) in [5, 5.41) is 9.04. The lowest BCUT2D eigenvalue weighted by Crippen LogP contribution is -2.37. The third kappa shape index (κ3) is 3.22. The van der Waals surface area contributed by atoms with Crippen molar-refractivity contribution < 1.29 is 19.4 Å². The average Bonchev–Trinajstić information content (AvgIpc) is 2.35. The number of esters is 1. The van der Waals surface area contributed by atoms with Crippen molar-refractivity contribution in [2.24, 2.45) is 5.73 Å². The van der Waals surface area contributed by atoms with E-state index in [2.05, 4.69) is 4.74 Å². The molecule has 1 rings (SSSR count). The van der Waals surface area contributed by atoms with Crippen LogP contribution in [0, 0.1) is 0 Å². The minimum atomic E-state index is -0.822. The number of hydrogen-bond acceptors (Lipinski definition) is 5. The normalized spacial score (nSPS) is 11.9. The van der Waals surface area contributed by atoms with Crippen LogP contribution in [-0.2, 0) is 16.1 Å². The standard InChI is InChI=1S/C11H15NO4/c1-15-11(14)9(12)7-16-10-5-3-2-4-8(10)6-13/h2-5,9,13H,6-7,12H2,1H3. The van der Waals surface area contributed by atoms with E-state index < -0.39 is 12.0 Å². The van der Waals surface area contributed by atoms with Crippen LogP contribution in [0.1, 0.15) is 5.56 Å². The minimum absolute atomic E-state index is 0.0175. The smallest absolute Gasteiger partial charge is 0.326 e. The highest BCUT2D eigenvalue weighted by Gasteiger charge is 2.14. The maximum Gasteiger partial charge on any atom is 0.326 e. The van der Waals surface area contributed by atoms with Gasteiger partial charge in [-0.2, -0.15) is 0 Å². The summed E-state index contributed by atoms with van der Waals surface area (Å²) in [4.78, 5) is 11.0. The summed E-state index contributed by atoms with van der Waals surface area (Å²) in [6.07, 6.45) is 0. The summed E-state index contributed by atoms with van der Waals surface area (Å²) in [6, 6.07) is 6.18. The van der Waals surface area contributed by atoms with Gasteiger partial charge in [-0.25, -0.2) is 0 Å². The summed E-state index contributed by atoms with van der Waals surface area (Å²) < 4.78 is 9.79. The van der Waals surface area contributed by atoms with E-state index in [0.717, 1.165) is 0 Å². The molecule has 16 heavy (non-hydrogen) atoms. The first-order valence-electron chi connectivity index (χ1n) is 4.84. The molecule has 0 saturated heterocycles. The number of para-hydroxylation sites is 1. The number of carbonyl (C=O) groups is 1. The van der Waals surface area contributed by atoms with Crippen LogP contribution in [0.15, 0.2) is 24.3 Å². The Morgan fingerprint density at radius 3 is 2.81 bits per heavy atom. The molecule has 0 saturated carbocycles. The molecule has 5 heteroatoms. The van der Waals surface area contributed by atoms with Gasteiger partial charge in [0.25, 0.3) is 0 Å². The van der Waals surface area contributed by atoms with Crippen LogP contribution in [0.2, 0.25) is 0 Å². The second-order valence-corrected chi connectivity index (χ2v) is 3.21. The third-order valence-corrected chi connectivity index (χ3v) is 2.07. The number of aliphatic hydroxyl groups excluding tert-OH is 1. The van der Waals surface area contributed by atoms with Crippen LogP contribution in [0.3, 0.4) is 0 Å². The van der Waals surface area contributed by atoms with E-state index in [-0.39, 0.29) is 13.2 Å². The van der Waals surface area contributed by atoms with Gasteiger partial charge in [0, 0.05) is 5.56 Å². The van der Waals surface area contributed by atoms with Gasteiger partial charge in [0.05, 0.1) is 13.7 Å². The molecule has 0 spiro atoms. The molecule has 0 aliphatic heterocycles. The molecule has 0 bridgehead atoms. The molecule has 1 atom stereocenters. The molecule has 88 valence electrons. The Labute approximate surface area is 93.8 Å². The maximum absolute atomic E-state index is 11.0. The van der Waals surface area contributed by atoms with Gasteiger partial charge in [-0.3, -0.25) is 4.79 Å². The van der Waals surface area contributed by atoms with E-state index in [1.165, 1.54) is 7.11 Å². The Morgan fingerprint density at radius 1 is 1.50 bits per heavy atom. The predicted molar refractivity (Wildman–Crippen MR) is 57.9 cm³/mol. The summed E-state index contributed by atoms with van der Waals surface area (Å²) >= 11 is 0. The molecule has 0 radical (unpaired) electrons. The van der Waals surface area contributed by atoms with Gasteiger partial charge >= 0.3 is 5.97 Å². The number of nitrogens with two attached hydrogens (primary N) is 1. The second kappa shape index (κ2) is 6.09. The van der Waals surface area contributed by atoms with Gasteiger partial charge in [-0.1, -0.05) is 18.2 Å². The van der Waals surface area contributed by atoms with Gasteiger partial charge in [0.2, 0.25) is 0 Å². The van der Waals surface area contributed by atoms with Crippen molar-refractivity contribution in [2.75, 3.05) is 13.7 Å². The lowest BCUT2D eigenvalue weighted by Gasteiger charge is -2.13. The average molecular weight is 225 g/mol. The zero-order valence-corrected chi connectivity index (χ0v) is 9.05. The fraction of sp³-hybridized carbons (Fsp3) is 0.364. The number of hydrogen-bond donors (Lipinski definition) is 2. The molecule has 0 amide bonds. The molecular weight excluding hydrogens is 210 g/mol. The monoisotopic (exact) mass is 225 g/mol. The summed E-state index contributed by atoms with van der Waals surface area (Å²) in [7, 11) is 1.27. The lowest BCUT2D eigenvalue weighted by atomic mass is 10.2. The number of methoxy groups -OCH3 is 1. The Morgan fingerprint density at radius 2 is 2.19 bits per heavy atom. The first-order valence-corrected chi connectivity index (χ1v) is 4.84. The van der Waals surface area contributed by atoms with E-state index in [1.807, 2.05) is 0 Å². The highest BCUT2D eigenvalue weighted by molar-refractivity contribution is 5.75. The van der Waals surface area contributed by atoms with E-state index in [1.54, 1.807) is 24.3 Å². The van der Waals surface area contributed by atoms with Crippen LogP contribution in [0.4, 0.5) is 0 Å². The van der Waals surface area contributed by atoms with Gasteiger partial charge in [-0.15, -0.1) is 0 Å². The van der Waals surface area contributed by atoms with Crippen LogP contribution in [0.5, 0.6) is 5.75 Å². The molecule has 0 aliphatic rings. The molecule has 0 fully saturated rings. The lowest BCUT2D eigenvalue weighted by molar-refractivity contribution is -0.142. The number of benzene rings is 1. The topological polar surface area (TPSA) is 81.8 Å². The van der Waals surface area contributed by atoms with Crippen LogP contribution >= 0.6 is 0 Å². The van der Waals surface area contributed by atoms with Crippen LogP contribution in [0.25, 0.3) is 0 Å². The van der Waals surface area contributed by atoms with Crippen molar-refractivity contribution in [3.8, 4) is 5.75 Å². The van der Waals surface area contributed by atoms with Gasteiger partial charge < -0.3 is 20.3 Å². The Bertz CT molecular complexity index is 354. The maximum atomic E-state index is 11.0. The molecule has 1 aromatic carbocycles. The molecule has 3 N–H and O–H groups in total. The van der Waals surface area contributed by atoms with Crippen molar-refractivity contribution in [1.82, 2.24) is 0 Å². The minimum Gasteiger partial charge on any atom is -0.491 e. The Kier molecular flexibility index (Phi) is 4.75. The zero-order chi connectivity index (χ0) is 12.0. The number of carbonyl (C=O) groups excluding carboxylic acids is 1. The fourth-order valence-corrected chi connectivity index (χ4v) is 1.17. The van der Waals surface area contributed by atoms with Gasteiger partial charge in [0.1, 0.15) is 18.4 Å². The van der Waals surface area contributed by atoms with Crippen molar-refractivity contribution in [1.29, 1.82) is 0 Å². The van der Waals surface area contributed by atoms with Crippen molar-refractivity contribution in [3.05, 3.63) is 29.8 Å². The van der Waals surface area contributed by atoms with Crippen LogP contribution < -0.4 is 10.5 Å². The molecule has 5 nitrogen and oxygen atoms in total. The second-order valence-electron chi connectivity index (χ2n) is 3.21. The number of rotatable bonds is 5. The predicted octanol–water partition coefficient (Wildman–Crippen LogP) is 0.0580. The largest absolute Gasteiger partial charge is 0.491 e. The molecular formula is C11H15NO4. The molecule has 1 unspecified atom stereocenters.